The normalized spacial score (nSPS) is 11.2. The van der Waals surface area contributed by atoms with E-state index in [1.54, 1.807) is 23.7 Å². The highest BCUT2D eigenvalue weighted by Gasteiger charge is 2.23. The number of esters is 1. The summed E-state index contributed by atoms with van der Waals surface area (Å²) in [7, 11) is 0. The van der Waals surface area contributed by atoms with Crippen LogP contribution in [0.25, 0.3) is 5.69 Å². The van der Waals surface area contributed by atoms with Gasteiger partial charge in [-0.15, -0.1) is 0 Å². The van der Waals surface area contributed by atoms with E-state index in [1.165, 1.54) is 4.90 Å². The molecule has 2 amide bonds. The number of unbranched alkanes of at least 4 members (excludes halogenated alkanes) is 1. The highest BCUT2D eigenvalue weighted by Crippen LogP contribution is 2.27. The first-order valence-corrected chi connectivity index (χ1v) is 12.0. The van der Waals surface area contributed by atoms with Gasteiger partial charge in [-0.25, -0.2) is 4.68 Å². The summed E-state index contributed by atoms with van der Waals surface area (Å²) in [6.45, 7) is 10.5. The Balaban J connectivity index is 2.19. The van der Waals surface area contributed by atoms with E-state index in [1.807, 2.05) is 45.9 Å². The number of benzene rings is 1. The molecule has 0 unspecified atom stereocenters. The predicted octanol–water partition coefficient (Wildman–Crippen LogP) is 4.73. The summed E-state index contributed by atoms with van der Waals surface area (Å²) in [5, 5.41) is 8.20. The average molecular weight is 491 g/mol. The predicted molar refractivity (Wildman–Crippen MR) is 133 cm³/mol. The molecule has 8 nitrogen and oxygen atoms in total. The van der Waals surface area contributed by atoms with Gasteiger partial charge in [0.05, 0.1) is 31.0 Å². The fourth-order valence-electron chi connectivity index (χ4n) is 3.21. The van der Waals surface area contributed by atoms with Crippen LogP contribution in [-0.2, 0) is 24.5 Å². The van der Waals surface area contributed by atoms with Crippen molar-refractivity contribution in [1.29, 1.82) is 0 Å². The first kappa shape index (κ1) is 27.4. The molecule has 1 aromatic carbocycles. The first-order chi connectivity index (χ1) is 16.0. The summed E-state index contributed by atoms with van der Waals surface area (Å²) < 4.78 is 6.56. The topological polar surface area (TPSA) is 93.5 Å². The first-order valence-electron chi connectivity index (χ1n) is 11.6. The molecule has 0 bridgehead atoms. The van der Waals surface area contributed by atoms with Crippen molar-refractivity contribution in [2.24, 2.45) is 0 Å². The van der Waals surface area contributed by atoms with E-state index in [-0.39, 0.29) is 43.2 Å². The van der Waals surface area contributed by atoms with Gasteiger partial charge in [-0.05, 0) is 37.6 Å². The van der Waals surface area contributed by atoms with E-state index in [2.05, 4.69) is 5.32 Å². The Morgan fingerprint density at radius 3 is 2.38 bits per heavy atom. The third-order valence-corrected chi connectivity index (χ3v) is 5.39. The van der Waals surface area contributed by atoms with Crippen molar-refractivity contribution in [2.75, 3.05) is 25.0 Å². The second-order valence-electron chi connectivity index (χ2n) is 9.08. The summed E-state index contributed by atoms with van der Waals surface area (Å²) >= 11 is 6.03. The molecule has 1 N–H and O–H groups in total. The Morgan fingerprint density at radius 1 is 1.12 bits per heavy atom. The van der Waals surface area contributed by atoms with Gasteiger partial charge < -0.3 is 15.0 Å². The maximum absolute atomic E-state index is 13.0. The quantitative estimate of drug-likeness (QED) is 0.459. The van der Waals surface area contributed by atoms with Gasteiger partial charge in [-0.3, -0.25) is 14.4 Å². The van der Waals surface area contributed by atoms with Crippen LogP contribution in [0.1, 0.15) is 66.0 Å². The van der Waals surface area contributed by atoms with E-state index >= 15 is 0 Å². The molecule has 0 aliphatic carbocycles. The van der Waals surface area contributed by atoms with E-state index in [0.29, 0.717) is 17.4 Å². The molecular weight excluding hydrogens is 456 g/mol. The molecule has 2 aromatic rings. The fraction of sp³-hybridized carbons (Fsp3) is 0.520. The molecule has 0 radical (unpaired) electrons. The number of amides is 2. The van der Waals surface area contributed by atoms with Crippen molar-refractivity contribution in [1.82, 2.24) is 14.7 Å². The lowest BCUT2D eigenvalue weighted by Crippen LogP contribution is -2.39. The third kappa shape index (κ3) is 8.17. The zero-order valence-electron chi connectivity index (χ0n) is 20.7. The standard InChI is InChI=1S/C25H35ClN4O4/c1-6-8-15-29(23(32)13-14-24(33)34-7-2)17-22(31)27-21-16-20(25(3,4)5)28-30(21)19-11-9-18(26)10-12-19/h9-12,16H,6-8,13-15,17H2,1-5H3,(H,27,31). The molecule has 0 saturated heterocycles. The number of hydrogen-bond acceptors (Lipinski definition) is 5. The van der Waals surface area contributed by atoms with Crippen LogP contribution >= 0.6 is 11.6 Å². The lowest BCUT2D eigenvalue weighted by atomic mass is 9.92. The Labute approximate surface area is 206 Å². The summed E-state index contributed by atoms with van der Waals surface area (Å²) in [4.78, 5) is 38.8. The molecule has 34 heavy (non-hydrogen) atoms. The van der Waals surface area contributed by atoms with Crippen LogP contribution < -0.4 is 5.32 Å². The van der Waals surface area contributed by atoms with Crippen molar-refractivity contribution >= 4 is 35.2 Å². The summed E-state index contributed by atoms with van der Waals surface area (Å²) in [6.07, 6.45) is 1.64. The monoisotopic (exact) mass is 490 g/mol. The van der Waals surface area contributed by atoms with Crippen molar-refractivity contribution < 1.29 is 19.1 Å². The molecule has 186 valence electrons. The minimum atomic E-state index is -0.419. The Kier molecular flexibility index (Phi) is 10.1. The Morgan fingerprint density at radius 2 is 1.79 bits per heavy atom. The van der Waals surface area contributed by atoms with Crippen molar-refractivity contribution in [3.8, 4) is 5.69 Å². The van der Waals surface area contributed by atoms with E-state index in [9.17, 15) is 14.4 Å². The summed E-state index contributed by atoms with van der Waals surface area (Å²) in [5.74, 6) is -0.501. The van der Waals surface area contributed by atoms with Crippen molar-refractivity contribution in [2.45, 2.75) is 65.7 Å². The number of hydrogen-bond donors (Lipinski definition) is 1. The number of nitrogens with one attached hydrogen (secondary N) is 1. The lowest BCUT2D eigenvalue weighted by Gasteiger charge is -2.22. The number of aromatic nitrogens is 2. The summed E-state index contributed by atoms with van der Waals surface area (Å²) in [6, 6.07) is 9.00. The van der Waals surface area contributed by atoms with Crippen LogP contribution in [0.2, 0.25) is 5.02 Å². The van der Waals surface area contributed by atoms with Gasteiger partial charge in [0.15, 0.2) is 0 Å². The molecule has 2 rings (SSSR count). The molecule has 0 aliphatic heterocycles. The number of rotatable bonds is 11. The van der Waals surface area contributed by atoms with E-state index in [0.717, 1.165) is 24.2 Å². The number of nitrogens with zero attached hydrogens (tertiary/aromatic N) is 3. The Hall–Kier alpha value is -2.87. The Bertz CT molecular complexity index is 980. The molecule has 1 heterocycles. The van der Waals surface area contributed by atoms with Gasteiger partial charge in [0.2, 0.25) is 11.8 Å². The molecule has 0 fully saturated rings. The zero-order valence-corrected chi connectivity index (χ0v) is 21.4. The van der Waals surface area contributed by atoms with Gasteiger partial charge in [-0.2, -0.15) is 5.10 Å². The molecule has 1 aromatic heterocycles. The number of anilines is 1. The second kappa shape index (κ2) is 12.6. The number of ether oxygens (including phenoxy) is 1. The second-order valence-corrected chi connectivity index (χ2v) is 9.51. The fourth-order valence-corrected chi connectivity index (χ4v) is 3.34. The lowest BCUT2D eigenvalue weighted by molar-refractivity contribution is -0.145. The summed E-state index contributed by atoms with van der Waals surface area (Å²) in [5.41, 5.74) is 1.34. The minimum absolute atomic E-state index is 0.00476. The van der Waals surface area contributed by atoms with Crippen LogP contribution in [-0.4, -0.2) is 52.2 Å². The smallest absolute Gasteiger partial charge is 0.306 e. The minimum Gasteiger partial charge on any atom is -0.466 e. The molecule has 9 heteroatoms. The number of carbonyl (C=O) groups is 3. The third-order valence-electron chi connectivity index (χ3n) is 5.13. The van der Waals surface area contributed by atoms with Gasteiger partial charge in [0, 0.05) is 29.5 Å². The largest absolute Gasteiger partial charge is 0.466 e. The maximum Gasteiger partial charge on any atom is 0.306 e. The van der Waals surface area contributed by atoms with Crippen molar-refractivity contribution in [3.63, 3.8) is 0 Å². The molecule has 0 spiro atoms. The van der Waals surface area contributed by atoms with E-state index < -0.39 is 5.97 Å². The molecule has 0 atom stereocenters. The van der Waals surface area contributed by atoms with Gasteiger partial charge in [-0.1, -0.05) is 45.7 Å². The average Bonchev–Trinajstić information content (AvgIpc) is 3.19. The highest BCUT2D eigenvalue weighted by molar-refractivity contribution is 6.30. The highest BCUT2D eigenvalue weighted by atomic mass is 35.5. The molecular formula is C25H35ClN4O4. The number of carbonyl (C=O) groups excluding carboxylic acids is 3. The molecule has 0 saturated carbocycles. The van der Waals surface area contributed by atoms with Gasteiger partial charge >= 0.3 is 5.97 Å². The van der Waals surface area contributed by atoms with Crippen LogP contribution in [0.15, 0.2) is 30.3 Å². The van der Waals surface area contributed by atoms with E-state index in [4.69, 9.17) is 21.4 Å². The van der Waals surface area contributed by atoms with Gasteiger partial charge in [0.25, 0.3) is 0 Å². The molecule has 0 aliphatic rings. The number of halogens is 1. The SMILES string of the molecule is CCCCN(CC(=O)Nc1cc(C(C)(C)C)nn1-c1ccc(Cl)cc1)C(=O)CCC(=O)OCC. The van der Waals surface area contributed by atoms with Crippen LogP contribution in [0.4, 0.5) is 5.82 Å². The van der Waals surface area contributed by atoms with Crippen LogP contribution in [0.3, 0.4) is 0 Å². The zero-order chi connectivity index (χ0) is 25.3. The maximum atomic E-state index is 13.0. The van der Waals surface area contributed by atoms with Crippen molar-refractivity contribution in [3.05, 3.63) is 41.0 Å². The van der Waals surface area contributed by atoms with Crippen LogP contribution in [0, 0.1) is 0 Å². The van der Waals surface area contributed by atoms with Gasteiger partial charge in [0.1, 0.15) is 5.82 Å². The van der Waals surface area contributed by atoms with Crippen LogP contribution in [0.5, 0.6) is 0 Å².